The molecule has 1 atom stereocenters. The van der Waals surface area contributed by atoms with Gasteiger partial charge in [-0.05, 0) is 64.8 Å². The van der Waals surface area contributed by atoms with Crippen molar-refractivity contribution >= 4 is 44.3 Å². The number of carbonyl (C=O) groups is 1. The number of carboxylic acid groups (broad SMARTS) is 1. The number of anilines is 1. The Labute approximate surface area is 218 Å². The molecule has 0 aromatic heterocycles. The molecule has 5 nitrogen and oxygen atoms in total. The van der Waals surface area contributed by atoms with Gasteiger partial charge in [0.1, 0.15) is 0 Å². The van der Waals surface area contributed by atoms with Crippen molar-refractivity contribution in [2.75, 3.05) is 11.4 Å². The Morgan fingerprint density at radius 3 is 2.12 bits per heavy atom. The van der Waals surface area contributed by atoms with Gasteiger partial charge in [0.15, 0.2) is 0 Å². The zero-order chi connectivity index (χ0) is 24.6. The van der Waals surface area contributed by atoms with E-state index in [0.717, 1.165) is 58.9 Å². The number of benzene rings is 2. The number of nitrogens with zero attached hydrogens (tertiary/aromatic N) is 1. The molecule has 0 amide bonds. The minimum absolute atomic E-state index is 0.0775. The summed E-state index contributed by atoms with van der Waals surface area (Å²) in [6, 6.07) is 13.7. The van der Waals surface area contributed by atoms with Gasteiger partial charge in [0.2, 0.25) is 0 Å². The second-order valence-electron chi connectivity index (χ2n) is 9.23. The van der Waals surface area contributed by atoms with Gasteiger partial charge >= 0.3 is 5.97 Å². The SMILES string of the molecule is CN1c2ccccc2C(CCCCCCCCCCCCC(=O)O)c2ccc(I)cc2S1(=O)=O. The van der Waals surface area contributed by atoms with Gasteiger partial charge in [-0.25, -0.2) is 8.42 Å². The first-order valence-corrected chi connectivity index (χ1v) is 14.9. The van der Waals surface area contributed by atoms with Crippen LogP contribution in [-0.4, -0.2) is 26.5 Å². The second-order valence-corrected chi connectivity index (χ2v) is 12.4. The molecule has 1 unspecified atom stereocenters. The predicted octanol–water partition coefficient (Wildman–Crippen LogP) is 7.33. The smallest absolute Gasteiger partial charge is 0.303 e. The van der Waals surface area contributed by atoms with E-state index < -0.39 is 16.0 Å². The fraction of sp³-hybridized carbons (Fsp3) is 0.519. The van der Waals surface area contributed by atoms with Crippen molar-refractivity contribution in [2.45, 2.75) is 87.9 Å². The minimum atomic E-state index is -3.58. The molecule has 0 radical (unpaired) electrons. The fourth-order valence-electron chi connectivity index (χ4n) is 4.88. The molecule has 2 aromatic carbocycles. The summed E-state index contributed by atoms with van der Waals surface area (Å²) in [6.45, 7) is 0. The number of fused-ring (bicyclic) bond motifs is 2. The molecule has 0 fully saturated rings. The Balaban J connectivity index is 1.53. The van der Waals surface area contributed by atoms with E-state index in [0.29, 0.717) is 4.90 Å². The molecule has 3 rings (SSSR count). The molecule has 186 valence electrons. The normalized spacial score (nSPS) is 16.5. The quantitative estimate of drug-likeness (QED) is 0.194. The molecular weight excluding hydrogens is 561 g/mol. The van der Waals surface area contributed by atoms with E-state index >= 15 is 0 Å². The Hall–Kier alpha value is -1.61. The first-order valence-electron chi connectivity index (χ1n) is 12.4. The zero-order valence-corrected chi connectivity index (χ0v) is 23.0. The summed E-state index contributed by atoms with van der Waals surface area (Å²) < 4.78 is 29.1. The van der Waals surface area contributed by atoms with Gasteiger partial charge in [0, 0.05) is 23.0 Å². The van der Waals surface area contributed by atoms with Gasteiger partial charge in [0.25, 0.3) is 10.0 Å². The van der Waals surface area contributed by atoms with E-state index in [4.69, 9.17) is 5.11 Å². The highest BCUT2D eigenvalue weighted by Gasteiger charge is 2.34. The Morgan fingerprint density at radius 2 is 1.47 bits per heavy atom. The maximum Gasteiger partial charge on any atom is 0.303 e. The number of unbranched alkanes of at least 4 members (excludes halogenated alkanes) is 9. The number of hydrogen-bond donors (Lipinski definition) is 1. The van der Waals surface area contributed by atoms with Crippen molar-refractivity contribution in [1.82, 2.24) is 0 Å². The van der Waals surface area contributed by atoms with Crippen LogP contribution in [0.1, 0.15) is 94.1 Å². The van der Waals surface area contributed by atoms with Crippen LogP contribution in [0.2, 0.25) is 0 Å². The van der Waals surface area contributed by atoms with E-state index in [1.165, 1.54) is 36.4 Å². The van der Waals surface area contributed by atoms with Gasteiger partial charge < -0.3 is 5.11 Å². The van der Waals surface area contributed by atoms with Crippen LogP contribution in [0.5, 0.6) is 0 Å². The maximum absolute atomic E-state index is 13.4. The summed E-state index contributed by atoms with van der Waals surface area (Å²) in [5.41, 5.74) is 2.79. The molecule has 0 aliphatic carbocycles. The number of halogens is 1. The van der Waals surface area contributed by atoms with Gasteiger partial charge in [-0.1, -0.05) is 82.1 Å². The highest BCUT2D eigenvalue weighted by atomic mass is 127. The van der Waals surface area contributed by atoms with E-state index in [1.807, 2.05) is 36.4 Å². The highest BCUT2D eigenvalue weighted by molar-refractivity contribution is 14.1. The molecular formula is C27H36INO4S. The summed E-state index contributed by atoms with van der Waals surface area (Å²) in [6.07, 6.45) is 12.5. The Morgan fingerprint density at radius 1 is 0.882 bits per heavy atom. The van der Waals surface area contributed by atoms with Crippen molar-refractivity contribution in [3.8, 4) is 0 Å². The average Bonchev–Trinajstić information content (AvgIpc) is 2.87. The highest BCUT2D eigenvalue weighted by Crippen LogP contribution is 2.43. The summed E-state index contributed by atoms with van der Waals surface area (Å²) in [5, 5.41) is 8.67. The van der Waals surface area contributed by atoms with E-state index in [-0.39, 0.29) is 12.3 Å². The third-order valence-corrected chi connectivity index (χ3v) is 9.27. The lowest BCUT2D eigenvalue weighted by Crippen LogP contribution is -2.26. The topological polar surface area (TPSA) is 74.7 Å². The van der Waals surface area contributed by atoms with Crippen LogP contribution in [0, 0.1) is 3.57 Å². The van der Waals surface area contributed by atoms with E-state index in [9.17, 15) is 13.2 Å². The van der Waals surface area contributed by atoms with Crippen LogP contribution in [-0.2, 0) is 14.8 Å². The molecule has 0 bridgehead atoms. The minimum Gasteiger partial charge on any atom is -0.481 e. The summed E-state index contributed by atoms with van der Waals surface area (Å²) in [5.74, 6) is -0.618. The molecule has 2 aromatic rings. The van der Waals surface area contributed by atoms with Crippen molar-refractivity contribution < 1.29 is 18.3 Å². The Kier molecular flexibility index (Phi) is 10.2. The largest absolute Gasteiger partial charge is 0.481 e. The first-order chi connectivity index (χ1) is 16.3. The maximum atomic E-state index is 13.4. The van der Waals surface area contributed by atoms with Crippen molar-refractivity contribution in [3.63, 3.8) is 0 Å². The lowest BCUT2D eigenvalue weighted by molar-refractivity contribution is -0.137. The standard InChI is InChI=1S/C27H36INO4S/c1-29-25-16-13-12-15-23(25)22(24-19-18-21(28)20-26(24)34(29,32)33)14-10-8-6-4-2-3-5-7-9-11-17-27(30)31/h12-13,15-16,18-20,22H,2-11,14,17H2,1H3,(H,30,31). The molecule has 0 saturated carbocycles. The number of hydrogen-bond acceptors (Lipinski definition) is 3. The van der Waals surface area contributed by atoms with Crippen LogP contribution >= 0.6 is 22.6 Å². The number of para-hydroxylation sites is 1. The molecule has 1 N–H and O–H groups in total. The lowest BCUT2D eigenvalue weighted by Gasteiger charge is -2.21. The van der Waals surface area contributed by atoms with Crippen LogP contribution < -0.4 is 4.31 Å². The van der Waals surface area contributed by atoms with Crippen LogP contribution in [0.25, 0.3) is 0 Å². The molecule has 7 heteroatoms. The van der Waals surface area contributed by atoms with Crippen molar-refractivity contribution in [2.24, 2.45) is 0 Å². The molecule has 0 saturated heterocycles. The van der Waals surface area contributed by atoms with Gasteiger partial charge in [0.05, 0.1) is 10.6 Å². The third-order valence-electron chi connectivity index (χ3n) is 6.77. The Bertz CT molecular complexity index is 1070. The summed E-state index contributed by atoms with van der Waals surface area (Å²) in [4.78, 5) is 11.0. The van der Waals surface area contributed by atoms with E-state index in [2.05, 4.69) is 28.7 Å². The average molecular weight is 598 g/mol. The molecule has 0 spiro atoms. The van der Waals surface area contributed by atoms with Gasteiger partial charge in [-0.3, -0.25) is 9.10 Å². The third kappa shape index (κ3) is 6.97. The lowest BCUT2D eigenvalue weighted by atomic mass is 9.85. The molecule has 1 heterocycles. The summed E-state index contributed by atoms with van der Waals surface area (Å²) in [7, 11) is -1.93. The van der Waals surface area contributed by atoms with Gasteiger partial charge in [-0.15, -0.1) is 0 Å². The second kappa shape index (κ2) is 12.9. The first kappa shape index (κ1) is 27.0. The number of rotatable bonds is 13. The molecule has 34 heavy (non-hydrogen) atoms. The number of sulfonamides is 1. The predicted molar refractivity (Wildman–Crippen MR) is 146 cm³/mol. The zero-order valence-electron chi connectivity index (χ0n) is 20.0. The number of carboxylic acids is 1. The molecule has 1 aliphatic rings. The fourth-order valence-corrected chi connectivity index (χ4v) is 7.09. The van der Waals surface area contributed by atoms with Crippen molar-refractivity contribution in [1.29, 1.82) is 0 Å². The monoisotopic (exact) mass is 597 g/mol. The van der Waals surface area contributed by atoms with Crippen LogP contribution in [0.15, 0.2) is 47.4 Å². The number of aliphatic carboxylic acids is 1. The van der Waals surface area contributed by atoms with E-state index in [1.54, 1.807) is 7.05 Å². The van der Waals surface area contributed by atoms with Crippen molar-refractivity contribution in [3.05, 3.63) is 57.2 Å². The van der Waals surface area contributed by atoms with Crippen LogP contribution in [0.4, 0.5) is 5.69 Å². The summed E-state index contributed by atoms with van der Waals surface area (Å²) >= 11 is 2.18. The molecule has 1 aliphatic heterocycles. The van der Waals surface area contributed by atoms with Crippen LogP contribution in [0.3, 0.4) is 0 Å². The van der Waals surface area contributed by atoms with Gasteiger partial charge in [-0.2, -0.15) is 0 Å².